The molecule has 0 saturated heterocycles. The number of benzene rings is 2. The summed E-state index contributed by atoms with van der Waals surface area (Å²) in [4.78, 5) is 11.8. The Morgan fingerprint density at radius 1 is 1.12 bits per heavy atom. The number of amides is 1. The van der Waals surface area contributed by atoms with Crippen molar-refractivity contribution in [2.75, 3.05) is 11.9 Å². The zero-order valence-electron chi connectivity index (χ0n) is 13.4. The average Bonchev–Trinajstić information content (AvgIpc) is 2.61. The van der Waals surface area contributed by atoms with Gasteiger partial charge in [-0.05, 0) is 54.5 Å². The van der Waals surface area contributed by atoms with Crippen molar-refractivity contribution in [1.82, 2.24) is 10.9 Å². The number of halogens is 2. The highest BCUT2D eigenvalue weighted by molar-refractivity contribution is 7.80. The number of nitrogens with one attached hydrogen (secondary N) is 3. The number of anilines is 1. The topological polar surface area (TPSA) is 62.4 Å². The highest BCUT2D eigenvalue weighted by Crippen LogP contribution is 2.25. The number of hydrogen-bond donors (Lipinski definition) is 3. The number of carbonyl (C=O) groups is 1. The molecule has 0 spiro atoms. The summed E-state index contributed by atoms with van der Waals surface area (Å²) in [5, 5.41) is 3.98. The monoisotopic (exact) mass is 397 g/mol. The molecule has 0 unspecified atom stereocenters. The molecule has 0 aliphatic rings. The fourth-order valence-corrected chi connectivity index (χ4v) is 2.49. The zero-order valence-corrected chi connectivity index (χ0v) is 15.8. The maximum Gasteiger partial charge on any atom is 0.276 e. The first-order valence-electron chi connectivity index (χ1n) is 7.50. The van der Waals surface area contributed by atoms with Crippen LogP contribution < -0.4 is 20.9 Å². The Kier molecular flexibility index (Phi) is 7.31. The van der Waals surface area contributed by atoms with Gasteiger partial charge in [-0.15, -0.1) is 0 Å². The van der Waals surface area contributed by atoms with Crippen LogP contribution in [0.3, 0.4) is 0 Å². The van der Waals surface area contributed by atoms with Crippen molar-refractivity contribution < 1.29 is 9.53 Å². The lowest BCUT2D eigenvalue weighted by Gasteiger charge is -2.13. The van der Waals surface area contributed by atoms with Gasteiger partial charge >= 0.3 is 0 Å². The second-order valence-corrected chi connectivity index (χ2v) is 6.29. The normalized spacial score (nSPS) is 10.0. The van der Waals surface area contributed by atoms with E-state index < -0.39 is 0 Å². The molecule has 0 fully saturated rings. The minimum absolute atomic E-state index is 0.136. The summed E-state index contributed by atoms with van der Waals surface area (Å²) < 4.78 is 5.40. The average molecular weight is 398 g/mol. The van der Waals surface area contributed by atoms with Gasteiger partial charge in [0.25, 0.3) is 5.91 Å². The Labute approximate surface area is 161 Å². The first-order chi connectivity index (χ1) is 12.0. The van der Waals surface area contributed by atoms with Gasteiger partial charge < -0.3 is 10.1 Å². The zero-order chi connectivity index (χ0) is 18.2. The van der Waals surface area contributed by atoms with E-state index in [1.165, 1.54) is 5.56 Å². The van der Waals surface area contributed by atoms with Crippen LogP contribution in [0.4, 0.5) is 5.69 Å². The maximum absolute atomic E-state index is 11.8. The minimum atomic E-state index is -0.370. The predicted octanol–water partition coefficient (Wildman–Crippen LogP) is 3.95. The molecule has 0 bridgehead atoms. The van der Waals surface area contributed by atoms with Crippen LogP contribution in [0.25, 0.3) is 0 Å². The Morgan fingerprint density at radius 3 is 2.48 bits per heavy atom. The minimum Gasteiger partial charge on any atom is -0.484 e. The third kappa shape index (κ3) is 6.42. The Bertz CT molecular complexity index is 754. The highest BCUT2D eigenvalue weighted by Gasteiger charge is 2.06. The molecule has 2 aromatic carbocycles. The van der Waals surface area contributed by atoms with Gasteiger partial charge in [0.2, 0.25) is 0 Å². The van der Waals surface area contributed by atoms with Crippen LogP contribution in [0.15, 0.2) is 42.5 Å². The van der Waals surface area contributed by atoms with Crippen LogP contribution in [0.5, 0.6) is 5.75 Å². The molecular weight excluding hydrogens is 381 g/mol. The Hall–Kier alpha value is -2.02. The molecule has 25 heavy (non-hydrogen) atoms. The van der Waals surface area contributed by atoms with Crippen LogP contribution in [0, 0.1) is 0 Å². The van der Waals surface area contributed by atoms with E-state index in [9.17, 15) is 4.79 Å². The standard InChI is InChI=1S/C17H17Cl2N3O2S/c1-2-11-3-6-13(7-4-11)24-10-16(23)21-22-17(25)20-15-8-5-12(18)9-14(15)19/h3-9H,2,10H2,1H3,(H,21,23)(H2,20,22,25). The van der Waals surface area contributed by atoms with Gasteiger partial charge in [0, 0.05) is 5.02 Å². The Balaban J connectivity index is 1.74. The first-order valence-corrected chi connectivity index (χ1v) is 8.67. The number of aryl methyl sites for hydroxylation is 1. The lowest BCUT2D eigenvalue weighted by molar-refractivity contribution is -0.123. The largest absolute Gasteiger partial charge is 0.484 e. The Morgan fingerprint density at radius 2 is 1.84 bits per heavy atom. The van der Waals surface area contributed by atoms with Gasteiger partial charge in [-0.25, -0.2) is 0 Å². The molecule has 5 nitrogen and oxygen atoms in total. The van der Waals surface area contributed by atoms with Crippen LogP contribution in [0.1, 0.15) is 12.5 Å². The summed E-state index contributed by atoms with van der Waals surface area (Å²) in [6, 6.07) is 12.5. The van der Waals surface area contributed by atoms with Gasteiger partial charge in [-0.2, -0.15) is 0 Å². The molecule has 0 heterocycles. The van der Waals surface area contributed by atoms with E-state index >= 15 is 0 Å². The van der Waals surface area contributed by atoms with Crippen molar-refractivity contribution in [2.24, 2.45) is 0 Å². The molecule has 0 aliphatic heterocycles. The molecule has 0 radical (unpaired) electrons. The summed E-state index contributed by atoms with van der Waals surface area (Å²) in [5.41, 5.74) is 6.79. The predicted molar refractivity (Wildman–Crippen MR) is 105 cm³/mol. The van der Waals surface area contributed by atoms with Crippen LogP contribution >= 0.6 is 35.4 Å². The SMILES string of the molecule is CCc1ccc(OCC(=O)NNC(=S)Nc2ccc(Cl)cc2Cl)cc1. The molecule has 1 amide bonds. The molecule has 8 heteroatoms. The molecular formula is C17H17Cl2N3O2S. The molecule has 2 aromatic rings. The lowest BCUT2D eigenvalue weighted by atomic mass is 10.2. The van der Waals surface area contributed by atoms with Gasteiger partial charge in [0.05, 0.1) is 10.7 Å². The molecule has 2 rings (SSSR count). The summed E-state index contributed by atoms with van der Waals surface area (Å²) in [6.07, 6.45) is 0.951. The smallest absolute Gasteiger partial charge is 0.276 e. The van der Waals surface area contributed by atoms with Crippen molar-refractivity contribution in [3.8, 4) is 5.75 Å². The lowest BCUT2D eigenvalue weighted by Crippen LogP contribution is -2.45. The quantitative estimate of drug-likeness (QED) is 0.526. The van der Waals surface area contributed by atoms with Gasteiger partial charge in [-0.3, -0.25) is 15.6 Å². The molecule has 0 aliphatic carbocycles. The van der Waals surface area contributed by atoms with E-state index in [4.69, 9.17) is 40.2 Å². The molecule has 3 N–H and O–H groups in total. The molecule has 0 saturated carbocycles. The third-order valence-electron chi connectivity index (χ3n) is 3.20. The van der Waals surface area contributed by atoms with Crippen LogP contribution in [-0.4, -0.2) is 17.6 Å². The van der Waals surface area contributed by atoms with Gasteiger partial charge in [0.1, 0.15) is 5.75 Å². The second kappa shape index (κ2) is 9.46. The molecule has 0 atom stereocenters. The summed E-state index contributed by atoms with van der Waals surface area (Å²) in [6.45, 7) is 1.94. The van der Waals surface area contributed by atoms with Crippen molar-refractivity contribution in [1.29, 1.82) is 0 Å². The maximum atomic E-state index is 11.8. The van der Waals surface area contributed by atoms with E-state index in [2.05, 4.69) is 23.1 Å². The van der Waals surface area contributed by atoms with Crippen molar-refractivity contribution >= 4 is 52.1 Å². The second-order valence-electron chi connectivity index (χ2n) is 5.04. The van der Waals surface area contributed by atoms with Crippen molar-refractivity contribution in [2.45, 2.75) is 13.3 Å². The van der Waals surface area contributed by atoms with Crippen LogP contribution in [0.2, 0.25) is 10.0 Å². The number of hydrazine groups is 1. The van der Waals surface area contributed by atoms with Crippen LogP contribution in [-0.2, 0) is 11.2 Å². The van der Waals surface area contributed by atoms with Gasteiger partial charge in [0.15, 0.2) is 11.7 Å². The fraction of sp³-hybridized carbons (Fsp3) is 0.176. The highest BCUT2D eigenvalue weighted by atomic mass is 35.5. The van der Waals surface area contributed by atoms with E-state index in [1.54, 1.807) is 18.2 Å². The van der Waals surface area contributed by atoms with Crippen molar-refractivity contribution in [3.05, 3.63) is 58.1 Å². The molecule has 0 aromatic heterocycles. The number of hydrogen-bond acceptors (Lipinski definition) is 3. The molecule has 132 valence electrons. The van der Waals surface area contributed by atoms with E-state index in [0.717, 1.165) is 6.42 Å². The number of ether oxygens (including phenoxy) is 1. The first kappa shape index (κ1) is 19.3. The summed E-state index contributed by atoms with van der Waals surface area (Å²) in [7, 11) is 0. The third-order valence-corrected chi connectivity index (χ3v) is 3.95. The van der Waals surface area contributed by atoms with E-state index in [-0.39, 0.29) is 17.6 Å². The fourth-order valence-electron chi connectivity index (χ4n) is 1.88. The number of thiocarbonyl (C=S) groups is 1. The van der Waals surface area contributed by atoms with Crippen molar-refractivity contribution in [3.63, 3.8) is 0 Å². The summed E-state index contributed by atoms with van der Waals surface area (Å²) in [5.74, 6) is 0.256. The number of carbonyl (C=O) groups excluding carboxylic acids is 1. The van der Waals surface area contributed by atoms with Gasteiger partial charge in [-0.1, -0.05) is 42.3 Å². The van der Waals surface area contributed by atoms with E-state index in [1.807, 2.05) is 24.3 Å². The summed E-state index contributed by atoms with van der Waals surface area (Å²) >= 11 is 16.9. The number of rotatable bonds is 5. The van der Waals surface area contributed by atoms with E-state index in [0.29, 0.717) is 21.5 Å².